The smallest absolute Gasteiger partial charge is 0.249 e. The second-order valence-electron chi connectivity index (χ2n) is 6.52. The number of rotatable bonds is 7. The van der Waals surface area contributed by atoms with Crippen LogP contribution in [0.3, 0.4) is 0 Å². The normalized spacial score (nSPS) is 19.3. The Bertz CT molecular complexity index is 703. The molecular formula is C21H27N3O2. The highest BCUT2D eigenvalue weighted by molar-refractivity contribution is 5.81. The van der Waals surface area contributed by atoms with E-state index in [2.05, 4.69) is 53.5 Å². The summed E-state index contributed by atoms with van der Waals surface area (Å²) in [7, 11) is 0. The summed E-state index contributed by atoms with van der Waals surface area (Å²) >= 11 is 0. The lowest BCUT2D eigenvalue weighted by atomic mass is 10.1. The van der Waals surface area contributed by atoms with Crippen molar-refractivity contribution in [3.05, 3.63) is 60.2 Å². The number of nitrogens with zero attached hydrogens (tertiary/aromatic N) is 1. The first kappa shape index (κ1) is 18.4. The van der Waals surface area contributed by atoms with Gasteiger partial charge in [0.05, 0.1) is 6.10 Å². The molecule has 0 bridgehead atoms. The number of carbonyl (C=O) groups excluding carboxylic acids is 1. The number of hydrogen-bond donors (Lipinski definition) is 2. The minimum Gasteiger partial charge on any atom is -0.364 e. The van der Waals surface area contributed by atoms with E-state index in [4.69, 9.17) is 10.5 Å². The van der Waals surface area contributed by atoms with Crippen LogP contribution in [-0.4, -0.2) is 31.2 Å². The molecule has 1 fully saturated rings. The van der Waals surface area contributed by atoms with Crippen molar-refractivity contribution in [2.24, 2.45) is 5.73 Å². The maximum atomic E-state index is 12.2. The lowest BCUT2D eigenvalue weighted by Crippen LogP contribution is -2.35. The van der Waals surface area contributed by atoms with Crippen molar-refractivity contribution in [1.29, 1.82) is 0 Å². The lowest BCUT2D eigenvalue weighted by molar-refractivity contribution is -0.132. The molecule has 0 spiro atoms. The number of amides is 1. The molecule has 0 unspecified atom stereocenters. The average molecular weight is 353 g/mol. The fourth-order valence-electron chi connectivity index (χ4n) is 3.29. The van der Waals surface area contributed by atoms with E-state index in [-0.39, 0.29) is 18.1 Å². The van der Waals surface area contributed by atoms with Gasteiger partial charge in [0.15, 0.2) is 0 Å². The molecule has 1 saturated heterocycles. The number of para-hydroxylation sites is 1. The van der Waals surface area contributed by atoms with Crippen molar-refractivity contribution in [2.75, 3.05) is 18.0 Å². The first-order valence-corrected chi connectivity index (χ1v) is 9.26. The van der Waals surface area contributed by atoms with E-state index < -0.39 is 0 Å². The van der Waals surface area contributed by atoms with Crippen LogP contribution in [0.4, 0.5) is 11.4 Å². The van der Waals surface area contributed by atoms with Gasteiger partial charge in [-0.15, -0.1) is 0 Å². The highest BCUT2D eigenvalue weighted by Crippen LogP contribution is 2.25. The fraction of sp³-hybridized carbons (Fsp3) is 0.381. The molecule has 2 aromatic rings. The SMILES string of the molecule is CCN(c1ccccc1)c1ccc(CNC(=O)[C@@H]2CC[C@H](CN)O2)cc1. The predicted molar refractivity (Wildman–Crippen MR) is 104 cm³/mol. The van der Waals surface area contributed by atoms with Gasteiger partial charge in [-0.05, 0) is 49.6 Å². The summed E-state index contributed by atoms with van der Waals surface area (Å²) < 4.78 is 5.63. The zero-order valence-electron chi connectivity index (χ0n) is 15.2. The zero-order valence-corrected chi connectivity index (χ0v) is 15.2. The van der Waals surface area contributed by atoms with Crippen molar-refractivity contribution in [3.8, 4) is 0 Å². The van der Waals surface area contributed by atoms with E-state index in [1.54, 1.807) is 0 Å². The Morgan fingerprint density at radius 2 is 1.81 bits per heavy atom. The highest BCUT2D eigenvalue weighted by Gasteiger charge is 2.29. The van der Waals surface area contributed by atoms with E-state index in [9.17, 15) is 4.79 Å². The summed E-state index contributed by atoms with van der Waals surface area (Å²) in [5.74, 6) is -0.0514. The molecule has 3 rings (SSSR count). The average Bonchev–Trinajstić information content (AvgIpc) is 3.18. The zero-order chi connectivity index (χ0) is 18.4. The van der Waals surface area contributed by atoms with Crippen molar-refractivity contribution >= 4 is 17.3 Å². The summed E-state index contributed by atoms with van der Waals surface area (Å²) in [6, 6.07) is 18.6. The van der Waals surface area contributed by atoms with Crippen LogP contribution in [0.5, 0.6) is 0 Å². The minimum absolute atomic E-state index is 0.0167. The van der Waals surface area contributed by atoms with Gasteiger partial charge in [0.1, 0.15) is 6.10 Å². The van der Waals surface area contributed by atoms with Gasteiger partial charge in [-0.1, -0.05) is 30.3 Å². The van der Waals surface area contributed by atoms with E-state index in [1.807, 2.05) is 18.2 Å². The number of nitrogens with one attached hydrogen (secondary N) is 1. The molecule has 2 aromatic carbocycles. The first-order chi connectivity index (χ1) is 12.7. The molecule has 0 aliphatic carbocycles. The Kier molecular flexibility index (Phi) is 6.26. The monoisotopic (exact) mass is 353 g/mol. The van der Waals surface area contributed by atoms with Crippen LogP contribution in [0.1, 0.15) is 25.3 Å². The number of carbonyl (C=O) groups is 1. The third-order valence-corrected chi connectivity index (χ3v) is 4.76. The fourth-order valence-corrected chi connectivity index (χ4v) is 3.29. The summed E-state index contributed by atoms with van der Waals surface area (Å²) in [6.45, 7) is 4.00. The number of hydrogen-bond acceptors (Lipinski definition) is 4. The Hall–Kier alpha value is -2.37. The Morgan fingerprint density at radius 3 is 2.42 bits per heavy atom. The molecule has 5 heteroatoms. The summed E-state index contributed by atoms with van der Waals surface area (Å²) in [5.41, 5.74) is 8.97. The topological polar surface area (TPSA) is 67.6 Å². The first-order valence-electron chi connectivity index (χ1n) is 9.26. The molecule has 1 aliphatic rings. The summed E-state index contributed by atoms with van der Waals surface area (Å²) in [5, 5.41) is 2.96. The van der Waals surface area contributed by atoms with Gasteiger partial charge in [0.2, 0.25) is 5.91 Å². The maximum absolute atomic E-state index is 12.2. The van der Waals surface area contributed by atoms with E-state index in [0.29, 0.717) is 13.1 Å². The third kappa shape index (κ3) is 4.42. The molecule has 0 saturated carbocycles. The largest absolute Gasteiger partial charge is 0.364 e. The van der Waals surface area contributed by atoms with E-state index >= 15 is 0 Å². The van der Waals surface area contributed by atoms with E-state index in [1.165, 1.54) is 5.69 Å². The Labute approximate surface area is 155 Å². The molecule has 26 heavy (non-hydrogen) atoms. The summed E-state index contributed by atoms with van der Waals surface area (Å²) in [4.78, 5) is 14.5. The van der Waals surface area contributed by atoms with E-state index in [0.717, 1.165) is 30.6 Å². The van der Waals surface area contributed by atoms with Crippen molar-refractivity contribution in [1.82, 2.24) is 5.32 Å². The molecule has 1 amide bonds. The molecule has 3 N–H and O–H groups in total. The van der Waals surface area contributed by atoms with Gasteiger partial charge in [-0.2, -0.15) is 0 Å². The minimum atomic E-state index is -0.364. The van der Waals surface area contributed by atoms with Crippen LogP contribution in [0.2, 0.25) is 0 Å². The number of ether oxygens (including phenoxy) is 1. The van der Waals surface area contributed by atoms with Gasteiger partial charge < -0.3 is 20.7 Å². The van der Waals surface area contributed by atoms with Crippen LogP contribution in [0, 0.1) is 0 Å². The maximum Gasteiger partial charge on any atom is 0.249 e. The van der Waals surface area contributed by atoms with Crippen LogP contribution >= 0.6 is 0 Å². The van der Waals surface area contributed by atoms with Crippen LogP contribution in [0.15, 0.2) is 54.6 Å². The van der Waals surface area contributed by atoms with Crippen molar-refractivity contribution < 1.29 is 9.53 Å². The van der Waals surface area contributed by atoms with Gasteiger partial charge in [-0.25, -0.2) is 0 Å². The van der Waals surface area contributed by atoms with Gasteiger partial charge >= 0.3 is 0 Å². The molecule has 138 valence electrons. The predicted octanol–water partition coefficient (Wildman–Crippen LogP) is 2.97. The molecule has 0 radical (unpaired) electrons. The van der Waals surface area contributed by atoms with Crippen molar-refractivity contribution in [2.45, 2.75) is 38.5 Å². The molecule has 1 heterocycles. The lowest BCUT2D eigenvalue weighted by Gasteiger charge is -2.23. The molecule has 5 nitrogen and oxygen atoms in total. The van der Waals surface area contributed by atoms with Gasteiger partial charge in [0, 0.05) is 31.0 Å². The molecule has 1 aliphatic heterocycles. The molecular weight excluding hydrogens is 326 g/mol. The molecule has 2 atom stereocenters. The number of benzene rings is 2. The Morgan fingerprint density at radius 1 is 1.12 bits per heavy atom. The van der Waals surface area contributed by atoms with Crippen LogP contribution in [0.25, 0.3) is 0 Å². The second-order valence-corrected chi connectivity index (χ2v) is 6.52. The summed E-state index contributed by atoms with van der Waals surface area (Å²) in [6.07, 6.45) is 1.25. The Balaban J connectivity index is 1.57. The second kappa shape index (κ2) is 8.83. The van der Waals surface area contributed by atoms with Crippen LogP contribution in [-0.2, 0) is 16.1 Å². The van der Waals surface area contributed by atoms with Crippen LogP contribution < -0.4 is 16.0 Å². The van der Waals surface area contributed by atoms with Crippen molar-refractivity contribution in [3.63, 3.8) is 0 Å². The third-order valence-electron chi connectivity index (χ3n) is 4.76. The standard InChI is InChI=1S/C21H27N3O2/c1-2-24(17-6-4-3-5-7-17)18-10-8-16(9-11-18)15-23-21(25)20-13-12-19(14-22)26-20/h3-11,19-20H,2,12-15,22H2,1H3,(H,23,25)/t19-,20+/m1/s1. The highest BCUT2D eigenvalue weighted by atomic mass is 16.5. The number of nitrogens with two attached hydrogens (primary N) is 1. The number of anilines is 2. The van der Waals surface area contributed by atoms with Gasteiger partial charge in [-0.3, -0.25) is 4.79 Å². The quantitative estimate of drug-likeness (QED) is 0.803. The van der Waals surface area contributed by atoms with Gasteiger partial charge in [0.25, 0.3) is 0 Å². The molecule has 0 aromatic heterocycles.